The molecule has 0 spiro atoms. The zero-order valence-electron chi connectivity index (χ0n) is 32.6. The maximum absolute atomic E-state index is 14.2. The predicted octanol–water partition coefficient (Wildman–Crippen LogP) is 5.69. The van der Waals surface area contributed by atoms with Crippen LogP contribution in [0.4, 0.5) is 0 Å². The highest BCUT2D eigenvalue weighted by Crippen LogP contribution is 2.61. The third kappa shape index (κ3) is 8.41. The molecule has 4 aliphatic rings. The number of rotatable bonds is 14. The van der Waals surface area contributed by atoms with Crippen LogP contribution in [0.5, 0.6) is 5.75 Å². The van der Waals surface area contributed by atoms with E-state index in [1.807, 2.05) is 68.7 Å². The Labute approximate surface area is 328 Å². The number of hydrogen-bond acceptors (Lipinski definition) is 8. The van der Waals surface area contributed by atoms with Gasteiger partial charge in [-0.05, 0) is 92.8 Å². The number of para-hydroxylation sites is 1. The number of methoxy groups -OCH3 is 1. The molecule has 3 saturated carbocycles. The van der Waals surface area contributed by atoms with Crippen molar-refractivity contribution in [2.75, 3.05) is 34.4 Å². The zero-order chi connectivity index (χ0) is 38.9. The van der Waals surface area contributed by atoms with Crippen LogP contribution >= 0.6 is 15.9 Å². The number of hydroxylamine groups is 2. The van der Waals surface area contributed by atoms with Gasteiger partial charge in [0.2, 0.25) is 5.91 Å². The molecule has 0 radical (unpaired) electrons. The highest BCUT2D eigenvalue weighted by molar-refractivity contribution is 9.10. The van der Waals surface area contributed by atoms with Crippen molar-refractivity contribution in [1.82, 2.24) is 20.6 Å². The van der Waals surface area contributed by atoms with Crippen molar-refractivity contribution in [3.05, 3.63) is 87.9 Å². The maximum atomic E-state index is 14.2. The third-order valence-corrected chi connectivity index (χ3v) is 12.9. The van der Waals surface area contributed by atoms with Gasteiger partial charge in [0.15, 0.2) is 0 Å². The van der Waals surface area contributed by atoms with Gasteiger partial charge < -0.3 is 30.5 Å². The summed E-state index contributed by atoms with van der Waals surface area (Å²) < 4.78 is 6.79. The Balaban J connectivity index is 1.25. The summed E-state index contributed by atoms with van der Waals surface area (Å²) in [7, 11) is 5.60. The number of ether oxygens (including phenoxy) is 1. The van der Waals surface area contributed by atoms with E-state index in [0.717, 1.165) is 33.1 Å². The number of amides is 2. The molecule has 4 fully saturated rings. The smallest absolute Gasteiger partial charge is 0.251 e. The average Bonchev–Trinajstić information content (AvgIpc) is 3.50. The van der Waals surface area contributed by atoms with Gasteiger partial charge in [-0.25, -0.2) is 0 Å². The molecule has 4 N–H and O–H groups in total. The van der Waals surface area contributed by atoms with Crippen molar-refractivity contribution >= 4 is 27.7 Å². The molecule has 292 valence electrons. The number of carbonyl (C=O) groups is 2. The predicted molar refractivity (Wildman–Crippen MR) is 214 cm³/mol. The number of aliphatic hydroxyl groups is 2. The Kier molecular flexibility index (Phi) is 12.6. The fraction of sp³-hybridized carbons (Fsp3) is 0.535. The zero-order valence-corrected chi connectivity index (χ0v) is 34.2. The third-order valence-electron chi connectivity index (χ3n) is 12.4. The van der Waals surface area contributed by atoms with Gasteiger partial charge >= 0.3 is 0 Å². The lowest BCUT2D eigenvalue weighted by molar-refractivity contribution is -0.183. The number of fused-ring (bicyclic) bond motifs is 2. The van der Waals surface area contributed by atoms with E-state index in [1.54, 1.807) is 19.1 Å². The molecule has 3 aromatic carbocycles. The molecule has 1 heterocycles. The second-order valence-corrected chi connectivity index (χ2v) is 17.5. The molecule has 1 saturated heterocycles. The number of likely N-dealkylation sites (N-methyl/N-ethyl adjacent to an activating group) is 1. The summed E-state index contributed by atoms with van der Waals surface area (Å²) in [6, 6.07) is 20.7. The van der Waals surface area contributed by atoms with Crippen LogP contribution < -0.4 is 15.4 Å². The van der Waals surface area contributed by atoms with E-state index in [4.69, 9.17) is 9.57 Å². The summed E-state index contributed by atoms with van der Waals surface area (Å²) in [5, 5.41) is 29.5. The fourth-order valence-corrected chi connectivity index (χ4v) is 9.97. The first-order chi connectivity index (χ1) is 25.7. The monoisotopic (exact) mass is 804 g/mol. The lowest BCUT2D eigenvalue weighted by Gasteiger charge is -2.62. The minimum absolute atomic E-state index is 0.0382. The quantitative estimate of drug-likeness (QED) is 0.164. The Morgan fingerprint density at radius 1 is 1.09 bits per heavy atom. The molecule has 7 rings (SSSR count). The van der Waals surface area contributed by atoms with E-state index in [2.05, 4.69) is 64.4 Å². The summed E-state index contributed by atoms with van der Waals surface area (Å²) in [4.78, 5) is 36.4. The van der Waals surface area contributed by atoms with Crippen molar-refractivity contribution in [1.29, 1.82) is 0 Å². The van der Waals surface area contributed by atoms with Crippen LogP contribution in [0.2, 0.25) is 0 Å². The number of nitrogens with zero attached hydrogens (tertiary/aromatic N) is 2. The summed E-state index contributed by atoms with van der Waals surface area (Å²) in [5.41, 5.74) is 4.24. The lowest BCUT2D eigenvalue weighted by Crippen LogP contribution is -2.62. The maximum Gasteiger partial charge on any atom is 0.251 e. The normalized spacial score (nSPS) is 27.2. The molecular weight excluding hydrogens is 748 g/mol. The van der Waals surface area contributed by atoms with Gasteiger partial charge in [0, 0.05) is 45.7 Å². The molecular formula is C43H57BrN4O6. The van der Waals surface area contributed by atoms with Crippen molar-refractivity contribution in [2.24, 2.45) is 29.1 Å². The molecule has 3 aliphatic carbocycles. The first kappa shape index (κ1) is 40.3. The molecule has 9 atom stereocenters. The summed E-state index contributed by atoms with van der Waals surface area (Å²) in [6.07, 6.45) is 1.18. The van der Waals surface area contributed by atoms with E-state index < -0.39 is 24.2 Å². The molecule has 1 aliphatic heterocycles. The van der Waals surface area contributed by atoms with Gasteiger partial charge in [-0.15, -0.1) is 0 Å². The minimum Gasteiger partial charge on any atom is -0.496 e. The van der Waals surface area contributed by atoms with E-state index in [0.29, 0.717) is 42.0 Å². The van der Waals surface area contributed by atoms with Crippen molar-refractivity contribution in [3.8, 4) is 16.9 Å². The van der Waals surface area contributed by atoms with Gasteiger partial charge in [-0.3, -0.25) is 14.4 Å². The second kappa shape index (κ2) is 16.8. The van der Waals surface area contributed by atoms with E-state index >= 15 is 0 Å². The van der Waals surface area contributed by atoms with Crippen LogP contribution in [0.25, 0.3) is 11.1 Å². The standard InChI is InChI=1S/C43H57BrN4O6/c1-25-35-20-31(43(35,3)4)21-36(25)46-42(52)39-38(26(2)50)37(24-49)54-48(39)22-28-14-11-15-34(40(28)53-7)29-17-30(19-32(44)18-29)41(51)45-33(23-47(5)6)16-27-12-9-8-10-13-27/h8-15,17-19,25-26,31,33,35-39,49-50H,16,20-24H2,1-7H3,(H,45,51)(H,46,52)/t25-,26-,31-,33-,35+,36-,37-,38+,39?/m0/s1. The van der Waals surface area contributed by atoms with Crippen LogP contribution in [0.1, 0.15) is 62.0 Å². The summed E-state index contributed by atoms with van der Waals surface area (Å²) in [6.45, 7) is 9.06. The number of aliphatic hydroxyl groups excluding tert-OH is 2. The van der Waals surface area contributed by atoms with Crippen molar-refractivity contribution in [2.45, 2.75) is 83.8 Å². The number of nitrogens with one attached hydrogen (secondary N) is 2. The highest BCUT2D eigenvalue weighted by atomic mass is 79.9. The average molecular weight is 806 g/mol. The first-order valence-electron chi connectivity index (χ1n) is 19.2. The number of carbonyl (C=O) groups excluding carboxylic acids is 2. The molecule has 54 heavy (non-hydrogen) atoms. The Hall–Kier alpha value is -3.32. The minimum atomic E-state index is -0.900. The van der Waals surface area contributed by atoms with E-state index in [1.165, 1.54) is 6.42 Å². The molecule has 0 aromatic heterocycles. The van der Waals surface area contributed by atoms with Crippen molar-refractivity contribution < 1.29 is 29.4 Å². The SMILES string of the molecule is COc1c(CN2O[C@@H](CO)[C@@H]([C@H](C)O)C2C(=O)N[C@H]2C[C@@H]3C[C@H]([C@@H]2C)C3(C)C)cccc1-c1cc(Br)cc(C(=O)N[C@@H](Cc2ccccc2)CN(C)C)c1. The van der Waals surface area contributed by atoms with Crippen LogP contribution in [-0.2, 0) is 22.6 Å². The Morgan fingerprint density at radius 3 is 2.46 bits per heavy atom. The van der Waals surface area contributed by atoms with Crippen LogP contribution in [0.3, 0.4) is 0 Å². The van der Waals surface area contributed by atoms with Gasteiger partial charge in [0.25, 0.3) is 5.91 Å². The molecule has 11 heteroatoms. The van der Waals surface area contributed by atoms with Crippen molar-refractivity contribution in [3.63, 3.8) is 0 Å². The van der Waals surface area contributed by atoms with Gasteiger partial charge in [-0.2, -0.15) is 5.06 Å². The fourth-order valence-electron chi connectivity index (χ4n) is 9.48. The number of hydrogen-bond donors (Lipinski definition) is 4. The molecule has 2 bridgehead atoms. The van der Waals surface area contributed by atoms with Crippen LogP contribution in [0.15, 0.2) is 71.2 Å². The molecule has 1 unspecified atom stereocenters. The largest absolute Gasteiger partial charge is 0.496 e. The lowest BCUT2D eigenvalue weighted by atomic mass is 9.45. The second-order valence-electron chi connectivity index (χ2n) is 16.6. The Bertz CT molecular complexity index is 1790. The van der Waals surface area contributed by atoms with Crippen LogP contribution in [0, 0.1) is 29.1 Å². The van der Waals surface area contributed by atoms with Crippen LogP contribution in [-0.4, -0.2) is 96.7 Å². The molecule has 10 nitrogen and oxygen atoms in total. The number of benzene rings is 3. The molecule has 2 amide bonds. The highest BCUT2D eigenvalue weighted by Gasteiger charge is 2.57. The van der Waals surface area contributed by atoms with Gasteiger partial charge in [0.1, 0.15) is 17.9 Å². The summed E-state index contributed by atoms with van der Waals surface area (Å²) >= 11 is 3.64. The van der Waals surface area contributed by atoms with Gasteiger partial charge in [-0.1, -0.05) is 85.2 Å². The first-order valence-corrected chi connectivity index (χ1v) is 20.0. The van der Waals surface area contributed by atoms with E-state index in [-0.39, 0.29) is 42.5 Å². The summed E-state index contributed by atoms with van der Waals surface area (Å²) in [5.74, 6) is 1.01. The van der Waals surface area contributed by atoms with E-state index in [9.17, 15) is 19.8 Å². The van der Waals surface area contributed by atoms with Gasteiger partial charge in [0.05, 0.1) is 26.4 Å². The molecule has 3 aromatic rings. The number of halogens is 1. The topological polar surface area (TPSA) is 124 Å². The Morgan fingerprint density at radius 2 is 1.83 bits per heavy atom.